The molecule has 0 bridgehead atoms. The summed E-state index contributed by atoms with van der Waals surface area (Å²) in [6.07, 6.45) is 0. The largest absolute Gasteiger partial charge is 0.351 e. The molecule has 0 spiro atoms. The Hall–Kier alpha value is -2.44. The maximum Gasteiger partial charge on any atom is 0.255 e. The summed E-state index contributed by atoms with van der Waals surface area (Å²) in [5.74, 6) is -0.777. The molecule has 0 saturated heterocycles. The van der Waals surface area contributed by atoms with Crippen molar-refractivity contribution in [2.45, 2.75) is 13.0 Å². The Labute approximate surface area is 155 Å². The van der Waals surface area contributed by atoms with Gasteiger partial charge in [-0.3, -0.25) is 4.79 Å². The van der Waals surface area contributed by atoms with Crippen molar-refractivity contribution in [3.63, 3.8) is 0 Å². The third-order valence-corrected chi connectivity index (χ3v) is 4.27. The quantitative estimate of drug-likeness (QED) is 0.712. The second-order valence-corrected chi connectivity index (χ2v) is 6.40. The van der Waals surface area contributed by atoms with Gasteiger partial charge in [0.05, 0.1) is 11.6 Å². The zero-order chi connectivity index (χ0) is 18.0. The molecular weight excluding hydrogens is 361 g/mol. The fourth-order valence-electron chi connectivity index (χ4n) is 2.70. The average Bonchev–Trinajstić information content (AvgIpc) is 2.54. The van der Waals surface area contributed by atoms with Crippen molar-refractivity contribution in [3.8, 4) is 0 Å². The monoisotopic (exact) mass is 375 g/mol. The van der Waals surface area contributed by atoms with E-state index < -0.39 is 11.9 Å². The van der Waals surface area contributed by atoms with E-state index >= 15 is 0 Å². The van der Waals surface area contributed by atoms with E-state index in [9.17, 15) is 9.18 Å². The summed E-state index contributed by atoms with van der Waals surface area (Å²) in [5, 5.41) is 9.52. The standard InChI is InChI=1S/C18H15ClFN3OS/c1-10-15(17(24)22-12-6-4-5-11(19)9-12)16(23-18(25)21-10)13-7-2-3-8-14(13)20/h2-9,16H,1H3,(H,22,24)(H2,21,23,25). The Morgan fingerprint density at radius 1 is 1.24 bits per heavy atom. The van der Waals surface area contributed by atoms with Crippen LogP contribution in [0.2, 0.25) is 5.02 Å². The summed E-state index contributed by atoms with van der Waals surface area (Å²) in [7, 11) is 0. The van der Waals surface area contributed by atoms with E-state index in [4.69, 9.17) is 23.8 Å². The molecule has 0 aliphatic carbocycles. The molecule has 1 aliphatic rings. The molecule has 3 N–H and O–H groups in total. The van der Waals surface area contributed by atoms with Crippen molar-refractivity contribution < 1.29 is 9.18 Å². The Balaban J connectivity index is 1.97. The highest BCUT2D eigenvalue weighted by Gasteiger charge is 2.31. The topological polar surface area (TPSA) is 53.2 Å². The first kappa shape index (κ1) is 17.4. The predicted molar refractivity (Wildman–Crippen MR) is 101 cm³/mol. The van der Waals surface area contributed by atoms with Crippen LogP contribution >= 0.6 is 23.8 Å². The highest BCUT2D eigenvalue weighted by atomic mass is 35.5. The van der Waals surface area contributed by atoms with Crippen LogP contribution in [-0.4, -0.2) is 11.0 Å². The van der Waals surface area contributed by atoms with Crippen LogP contribution in [0.15, 0.2) is 59.8 Å². The summed E-state index contributed by atoms with van der Waals surface area (Å²) >= 11 is 11.1. The lowest BCUT2D eigenvalue weighted by atomic mass is 9.94. The lowest BCUT2D eigenvalue weighted by molar-refractivity contribution is -0.113. The molecule has 3 rings (SSSR count). The number of carbonyl (C=O) groups is 1. The number of rotatable bonds is 3. The van der Waals surface area contributed by atoms with Gasteiger partial charge in [0.25, 0.3) is 5.91 Å². The summed E-state index contributed by atoms with van der Waals surface area (Å²) in [6, 6.07) is 12.4. The van der Waals surface area contributed by atoms with Gasteiger partial charge in [0.1, 0.15) is 5.82 Å². The van der Waals surface area contributed by atoms with Gasteiger partial charge in [0, 0.05) is 22.0 Å². The van der Waals surface area contributed by atoms with Crippen LogP contribution in [0.1, 0.15) is 18.5 Å². The summed E-state index contributed by atoms with van der Waals surface area (Å²) in [6.45, 7) is 1.73. The van der Waals surface area contributed by atoms with Crippen molar-refractivity contribution in [2.75, 3.05) is 5.32 Å². The molecule has 2 aromatic carbocycles. The lowest BCUT2D eigenvalue weighted by Crippen LogP contribution is -2.46. The second-order valence-electron chi connectivity index (χ2n) is 5.56. The van der Waals surface area contributed by atoms with Gasteiger partial charge in [0.15, 0.2) is 5.11 Å². The molecule has 25 heavy (non-hydrogen) atoms. The van der Waals surface area contributed by atoms with Gasteiger partial charge in [-0.25, -0.2) is 4.39 Å². The molecule has 1 aliphatic heterocycles. The van der Waals surface area contributed by atoms with Crippen LogP contribution in [0, 0.1) is 5.82 Å². The molecule has 1 amide bonds. The van der Waals surface area contributed by atoms with E-state index in [2.05, 4.69) is 16.0 Å². The minimum absolute atomic E-state index is 0.338. The fourth-order valence-corrected chi connectivity index (χ4v) is 3.16. The third-order valence-electron chi connectivity index (χ3n) is 3.81. The minimum atomic E-state index is -0.686. The van der Waals surface area contributed by atoms with Crippen molar-refractivity contribution in [1.29, 1.82) is 0 Å². The summed E-state index contributed by atoms with van der Waals surface area (Å²) in [4.78, 5) is 12.8. The van der Waals surface area contributed by atoms with Gasteiger partial charge in [-0.05, 0) is 43.4 Å². The number of allylic oxidation sites excluding steroid dienone is 1. The van der Waals surface area contributed by atoms with Crippen molar-refractivity contribution >= 4 is 40.5 Å². The molecule has 128 valence electrons. The van der Waals surface area contributed by atoms with E-state index in [0.29, 0.717) is 32.7 Å². The molecular formula is C18H15ClFN3OS. The molecule has 1 atom stereocenters. The van der Waals surface area contributed by atoms with Gasteiger partial charge >= 0.3 is 0 Å². The Morgan fingerprint density at radius 3 is 2.72 bits per heavy atom. The first-order valence-corrected chi connectivity index (χ1v) is 8.34. The second kappa shape index (κ2) is 7.21. The number of benzene rings is 2. The number of anilines is 1. The molecule has 1 unspecified atom stereocenters. The number of thiocarbonyl (C=S) groups is 1. The van der Waals surface area contributed by atoms with Gasteiger partial charge in [0.2, 0.25) is 0 Å². The third kappa shape index (κ3) is 3.81. The summed E-state index contributed by atoms with van der Waals surface area (Å²) < 4.78 is 14.3. The number of hydrogen-bond donors (Lipinski definition) is 3. The first-order chi connectivity index (χ1) is 12.0. The van der Waals surface area contributed by atoms with E-state index in [-0.39, 0.29) is 5.91 Å². The van der Waals surface area contributed by atoms with Crippen LogP contribution in [0.5, 0.6) is 0 Å². The Morgan fingerprint density at radius 2 is 2.00 bits per heavy atom. The maximum absolute atomic E-state index is 14.3. The Bertz CT molecular complexity index is 884. The number of amides is 1. The van der Waals surface area contributed by atoms with Gasteiger partial charge in [-0.1, -0.05) is 35.9 Å². The van der Waals surface area contributed by atoms with E-state index in [1.54, 1.807) is 49.4 Å². The van der Waals surface area contributed by atoms with Crippen LogP contribution in [0.3, 0.4) is 0 Å². The van der Waals surface area contributed by atoms with Gasteiger partial charge < -0.3 is 16.0 Å². The van der Waals surface area contributed by atoms with Crippen LogP contribution in [-0.2, 0) is 4.79 Å². The molecule has 0 radical (unpaired) electrons. The average molecular weight is 376 g/mol. The highest BCUT2D eigenvalue weighted by Crippen LogP contribution is 2.29. The molecule has 0 fully saturated rings. The van der Waals surface area contributed by atoms with Crippen molar-refractivity contribution in [1.82, 2.24) is 10.6 Å². The number of nitrogens with one attached hydrogen (secondary N) is 3. The van der Waals surface area contributed by atoms with E-state index in [1.807, 2.05) is 0 Å². The van der Waals surface area contributed by atoms with E-state index in [0.717, 1.165) is 0 Å². The van der Waals surface area contributed by atoms with Gasteiger partial charge in [-0.2, -0.15) is 0 Å². The van der Waals surface area contributed by atoms with Crippen LogP contribution < -0.4 is 16.0 Å². The molecule has 1 heterocycles. The maximum atomic E-state index is 14.3. The normalized spacial score (nSPS) is 16.9. The number of halogens is 2. The predicted octanol–water partition coefficient (Wildman–Crippen LogP) is 3.91. The number of carbonyl (C=O) groups excluding carboxylic acids is 1. The molecule has 7 heteroatoms. The lowest BCUT2D eigenvalue weighted by Gasteiger charge is -2.30. The minimum Gasteiger partial charge on any atom is -0.351 e. The SMILES string of the molecule is CC1=C(C(=O)Nc2cccc(Cl)c2)C(c2ccccc2F)NC(=S)N1. The fraction of sp³-hybridized carbons (Fsp3) is 0.111. The zero-order valence-electron chi connectivity index (χ0n) is 13.3. The molecule has 4 nitrogen and oxygen atoms in total. The number of hydrogen-bond acceptors (Lipinski definition) is 2. The van der Waals surface area contributed by atoms with Gasteiger partial charge in [-0.15, -0.1) is 0 Å². The summed E-state index contributed by atoms with van der Waals surface area (Å²) in [5.41, 5.74) is 1.83. The highest BCUT2D eigenvalue weighted by molar-refractivity contribution is 7.80. The first-order valence-electron chi connectivity index (χ1n) is 7.55. The molecule has 2 aromatic rings. The van der Waals surface area contributed by atoms with Crippen LogP contribution in [0.4, 0.5) is 10.1 Å². The zero-order valence-corrected chi connectivity index (χ0v) is 14.8. The molecule has 0 aromatic heterocycles. The van der Waals surface area contributed by atoms with Crippen molar-refractivity contribution in [2.24, 2.45) is 0 Å². The molecule has 0 saturated carbocycles. The van der Waals surface area contributed by atoms with Crippen molar-refractivity contribution in [3.05, 3.63) is 76.2 Å². The van der Waals surface area contributed by atoms with Crippen LogP contribution in [0.25, 0.3) is 0 Å². The van der Waals surface area contributed by atoms with E-state index in [1.165, 1.54) is 6.07 Å². The Kier molecular flexibility index (Phi) is 5.01. The smallest absolute Gasteiger partial charge is 0.255 e.